The van der Waals surface area contributed by atoms with Crippen LogP contribution in [0.2, 0.25) is 10.0 Å². The van der Waals surface area contributed by atoms with E-state index in [0.717, 1.165) is 11.8 Å². The Bertz CT molecular complexity index is 841. The standard InChI is InChI=1S/C16H16Cl2N4O3S/c1-3-6-22-15(11-5-4-10(17)7-12(11)18)20-21-16(22)26-8-13(23)25-9(2)14(19)24/h3-5,7,9H,1,6,8H2,2H3,(H2,19,24)/t9-/m0/s1. The van der Waals surface area contributed by atoms with Crippen molar-refractivity contribution in [3.05, 3.63) is 40.9 Å². The molecule has 138 valence electrons. The predicted molar refractivity (Wildman–Crippen MR) is 101 cm³/mol. The highest BCUT2D eigenvalue weighted by atomic mass is 35.5. The van der Waals surface area contributed by atoms with Gasteiger partial charge in [-0.2, -0.15) is 0 Å². The van der Waals surface area contributed by atoms with Crippen LogP contribution in [0.15, 0.2) is 36.0 Å². The first-order valence-corrected chi connectivity index (χ1v) is 9.18. The molecule has 0 unspecified atom stereocenters. The highest BCUT2D eigenvalue weighted by Crippen LogP contribution is 2.31. The Morgan fingerprint density at radius 2 is 2.15 bits per heavy atom. The number of amides is 1. The van der Waals surface area contributed by atoms with Gasteiger partial charge in [-0.15, -0.1) is 16.8 Å². The van der Waals surface area contributed by atoms with E-state index in [1.54, 1.807) is 28.8 Å². The number of halogens is 2. The Kier molecular flexibility index (Phi) is 7.07. The molecule has 2 N–H and O–H groups in total. The molecule has 0 spiro atoms. The third kappa shape index (κ3) is 5.00. The van der Waals surface area contributed by atoms with E-state index in [-0.39, 0.29) is 5.75 Å². The van der Waals surface area contributed by atoms with Gasteiger partial charge in [0.25, 0.3) is 5.91 Å². The van der Waals surface area contributed by atoms with Crippen LogP contribution in [0.25, 0.3) is 11.4 Å². The zero-order valence-corrected chi connectivity index (χ0v) is 16.1. The molecule has 0 aliphatic carbocycles. The number of hydrogen-bond donors (Lipinski definition) is 1. The number of carbonyl (C=O) groups is 2. The number of carbonyl (C=O) groups excluding carboxylic acids is 2. The maximum atomic E-state index is 11.8. The molecule has 26 heavy (non-hydrogen) atoms. The molecule has 0 saturated carbocycles. The molecule has 0 radical (unpaired) electrons. The van der Waals surface area contributed by atoms with Crippen molar-refractivity contribution in [2.75, 3.05) is 5.75 Å². The first kappa shape index (κ1) is 20.3. The Morgan fingerprint density at radius 1 is 1.42 bits per heavy atom. The summed E-state index contributed by atoms with van der Waals surface area (Å²) in [5, 5.41) is 9.67. The molecular weight excluding hydrogens is 399 g/mol. The summed E-state index contributed by atoms with van der Waals surface area (Å²) in [6, 6.07) is 5.05. The minimum atomic E-state index is -0.988. The van der Waals surface area contributed by atoms with Gasteiger partial charge < -0.3 is 10.5 Å². The lowest BCUT2D eigenvalue weighted by Gasteiger charge is -2.10. The van der Waals surface area contributed by atoms with Gasteiger partial charge in [0.15, 0.2) is 17.1 Å². The van der Waals surface area contributed by atoms with Crippen LogP contribution in [0.3, 0.4) is 0 Å². The van der Waals surface area contributed by atoms with Crippen LogP contribution >= 0.6 is 35.0 Å². The van der Waals surface area contributed by atoms with Gasteiger partial charge in [0.1, 0.15) is 0 Å². The molecule has 1 aromatic heterocycles. The van der Waals surface area contributed by atoms with Crippen LogP contribution in [0.5, 0.6) is 0 Å². The number of nitrogens with two attached hydrogens (primary N) is 1. The SMILES string of the molecule is C=CCn1c(SCC(=O)O[C@@H](C)C(N)=O)nnc1-c1ccc(Cl)cc1Cl. The van der Waals surface area contributed by atoms with E-state index in [1.165, 1.54) is 6.92 Å². The second-order valence-electron chi connectivity index (χ2n) is 5.15. The largest absolute Gasteiger partial charge is 0.452 e. The molecular formula is C16H16Cl2N4O3S. The number of hydrogen-bond acceptors (Lipinski definition) is 6. The number of benzene rings is 1. The molecule has 0 fully saturated rings. The number of rotatable bonds is 8. The molecule has 2 rings (SSSR count). The minimum Gasteiger partial charge on any atom is -0.452 e. The summed E-state index contributed by atoms with van der Waals surface area (Å²) in [5.74, 6) is -0.826. The molecule has 10 heteroatoms. The highest BCUT2D eigenvalue weighted by Gasteiger charge is 2.19. The van der Waals surface area contributed by atoms with Gasteiger partial charge in [-0.05, 0) is 25.1 Å². The second kappa shape index (κ2) is 9.07. The van der Waals surface area contributed by atoms with Gasteiger partial charge in [0, 0.05) is 17.1 Å². The summed E-state index contributed by atoms with van der Waals surface area (Å²) < 4.78 is 6.67. The second-order valence-corrected chi connectivity index (χ2v) is 6.94. The average molecular weight is 415 g/mol. The molecule has 0 bridgehead atoms. The zero-order chi connectivity index (χ0) is 19.3. The van der Waals surface area contributed by atoms with Gasteiger partial charge in [-0.1, -0.05) is 41.0 Å². The Morgan fingerprint density at radius 3 is 2.77 bits per heavy atom. The van der Waals surface area contributed by atoms with Gasteiger partial charge >= 0.3 is 5.97 Å². The van der Waals surface area contributed by atoms with Crippen molar-refractivity contribution in [1.29, 1.82) is 0 Å². The van der Waals surface area contributed by atoms with Crippen LogP contribution in [-0.4, -0.2) is 38.5 Å². The summed E-state index contributed by atoms with van der Waals surface area (Å²) >= 11 is 13.3. The third-order valence-corrected chi connectivity index (χ3v) is 4.72. The molecule has 0 aliphatic rings. The Hall–Kier alpha value is -2.03. The fraction of sp³-hybridized carbons (Fsp3) is 0.250. The van der Waals surface area contributed by atoms with Crippen molar-refractivity contribution in [1.82, 2.24) is 14.8 Å². The monoisotopic (exact) mass is 414 g/mol. The lowest BCUT2D eigenvalue weighted by molar-refractivity contribution is -0.151. The van der Waals surface area contributed by atoms with Crippen molar-refractivity contribution in [2.24, 2.45) is 5.73 Å². The minimum absolute atomic E-state index is 0.0543. The van der Waals surface area contributed by atoms with E-state index in [1.807, 2.05) is 0 Å². The maximum absolute atomic E-state index is 11.8. The number of aromatic nitrogens is 3. The predicted octanol–water partition coefficient (Wildman–Crippen LogP) is 2.95. The zero-order valence-electron chi connectivity index (χ0n) is 13.8. The number of primary amides is 1. The summed E-state index contributed by atoms with van der Waals surface area (Å²) in [6.07, 6.45) is 0.686. The highest BCUT2D eigenvalue weighted by molar-refractivity contribution is 7.99. The topological polar surface area (TPSA) is 100 Å². The van der Waals surface area contributed by atoms with E-state index in [2.05, 4.69) is 16.8 Å². The van der Waals surface area contributed by atoms with E-state index in [4.69, 9.17) is 33.7 Å². The van der Waals surface area contributed by atoms with Gasteiger partial charge in [-0.25, -0.2) is 0 Å². The van der Waals surface area contributed by atoms with Gasteiger partial charge in [0.2, 0.25) is 0 Å². The van der Waals surface area contributed by atoms with Crippen molar-refractivity contribution in [2.45, 2.75) is 24.7 Å². The first-order valence-electron chi connectivity index (χ1n) is 7.44. The molecule has 2 aromatic rings. The summed E-state index contributed by atoms with van der Waals surface area (Å²) in [7, 11) is 0. The quantitative estimate of drug-likeness (QED) is 0.404. The maximum Gasteiger partial charge on any atom is 0.317 e. The lowest BCUT2D eigenvalue weighted by Crippen LogP contribution is -2.31. The molecule has 1 amide bonds. The number of ether oxygens (including phenoxy) is 1. The molecule has 0 saturated heterocycles. The van der Waals surface area contributed by atoms with Crippen LogP contribution in [-0.2, 0) is 20.9 Å². The number of esters is 1. The normalized spacial score (nSPS) is 11.8. The van der Waals surface area contributed by atoms with E-state index in [0.29, 0.717) is 33.1 Å². The molecule has 1 aromatic carbocycles. The number of allylic oxidation sites excluding steroid dienone is 1. The van der Waals surface area contributed by atoms with Crippen LogP contribution in [0, 0.1) is 0 Å². The molecule has 1 heterocycles. The van der Waals surface area contributed by atoms with E-state index in [9.17, 15) is 9.59 Å². The van der Waals surface area contributed by atoms with Crippen LogP contribution in [0.1, 0.15) is 6.92 Å². The van der Waals surface area contributed by atoms with Crippen molar-refractivity contribution in [3.8, 4) is 11.4 Å². The summed E-state index contributed by atoms with van der Waals surface area (Å²) in [6.45, 7) is 5.54. The number of nitrogens with zero attached hydrogens (tertiary/aromatic N) is 3. The Labute approximate surface area is 164 Å². The van der Waals surface area contributed by atoms with Crippen molar-refractivity contribution < 1.29 is 14.3 Å². The molecule has 0 aliphatic heterocycles. The van der Waals surface area contributed by atoms with Crippen molar-refractivity contribution >= 4 is 46.8 Å². The van der Waals surface area contributed by atoms with Gasteiger partial charge in [0.05, 0.1) is 10.8 Å². The lowest BCUT2D eigenvalue weighted by atomic mass is 10.2. The van der Waals surface area contributed by atoms with Crippen LogP contribution < -0.4 is 5.73 Å². The van der Waals surface area contributed by atoms with Gasteiger partial charge in [-0.3, -0.25) is 14.2 Å². The smallest absolute Gasteiger partial charge is 0.317 e. The molecule has 7 nitrogen and oxygen atoms in total. The molecule has 1 atom stereocenters. The van der Waals surface area contributed by atoms with E-state index >= 15 is 0 Å². The first-order chi connectivity index (χ1) is 12.3. The summed E-state index contributed by atoms with van der Waals surface area (Å²) in [4.78, 5) is 22.7. The fourth-order valence-electron chi connectivity index (χ4n) is 1.97. The van der Waals surface area contributed by atoms with Crippen LogP contribution in [0.4, 0.5) is 0 Å². The third-order valence-electron chi connectivity index (χ3n) is 3.23. The van der Waals surface area contributed by atoms with Crippen molar-refractivity contribution in [3.63, 3.8) is 0 Å². The average Bonchev–Trinajstić information content (AvgIpc) is 2.96. The Balaban J connectivity index is 2.20. The number of thioether (sulfide) groups is 1. The fourth-order valence-corrected chi connectivity index (χ4v) is 3.20. The summed E-state index contributed by atoms with van der Waals surface area (Å²) in [5.41, 5.74) is 5.72. The van der Waals surface area contributed by atoms with E-state index < -0.39 is 18.0 Å².